The first-order chi connectivity index (χ1) is 4.34. The molecule has 0 fully saturated rings. The van der Waals surface area contributed by atoms with E-state index in [1.54, 1.807) is 12.1 Å². The second kappa shape index (κ2) is 4.29. The van der Waals surface area contributed by atoms with Gasteiger partial charge in [-0.15, -0.1) is 0 Å². The Morgan fingerprint density at radius 2 is 1.90 bits per heavy atom. The zero-order valence-electron chi connectivity index (χ0n) is 5.29. The zero-order valence-corrected chi connectivity index (χ0v) is 6.45. The van der Waals surface area contributed by atoms with Crippen LogP contribution in [0.5, 0.6) is 5.75 Å². The summed E-state index contributed by atoms with van der Waals surface area (Å²) in [6, 6.07) is 7.21. The summed E-state index contributed by atoms with van der Waals surface area (Å²) in [6.07, 6.45) is 0. The highest BCUT2D eigenvalue weighted by molar-refractivity contribution is 7.46. The molecule has 0 saturated carbocycles. The third-order valence-corrected chi connectivity index (χ3v) is 2.33. The van der Waals surface area contributed by atoms with Gasteiger partial charge in [0.15, 0.2) is 0 Å². The van der Waals surface area contributed by atoms with Gasteiger partial charge in [-0.1, -0.05) is 31.4 Å². The molecule has 1 rings (SSSR count). The van der Waals surface area contributed by atoms with Crippen molar-refractivity contribution in [3.05, 3.63) is 24.3 Å². The smallest absolute Gasteiger partial charge is 0.0809 e. The van der Waals surface area contributed by atoms with Gasteiger partial charge in [0.25, 0.3) is 0 Å². The van der Waals surface area contributed by atoms with E-state index in [0.717, 1.165) is 5.30 Å². The predicted molar refractivity (Wildman–Crippen MR) is 47.9 cm³/mol. The quantitative estimate of drug-likeness (QED) is 0.557. The second-order valence-electron chi connectivity index (χ2n) is 1.83. The molecule has 0 aliphatic carbocycles. The Labute approximate surface area is 63.9 Å². The first-order valence-electron chi connectivity index (χ1n) is 2.90. The Morgan fingerprint density at radius 3 is 2.30 bits per heavy atom. The largest absolute Gasteiger partial charge is 0.870 e. The SMILES string of the molecule is C.C[PH2+]c1ccccc1[O-]. The lowest BCUT2D eigenvalue weighted by Gasteiger charge is -2.04. The van der Waals surface area contributed by atoms with E-state index in [2.05, 4.69) is 6.66 Å². The summed E-state index contributed by atoms with van der Waals surface area (Å²) in [5.41, 5.74) is 0. The summed E-state index contributed by atoms with van der Waals surface area (Å²) in [7, 11) is 0.183. The Balaban J connectivity index is 0.000000810. The minimum Gasteiger partial charge on any atom is -0.870 e. The maximum atomic E-state index is 10.9. The highest BCUT2D eigenvalue weighted by atomic mass is 31.1. The lowest BCUT2D eigenvalue weighted by molar-refractivity contribution is -0.266. The third kappa shape index (κ3) is 2.00. The van der Waals surface area contributed by atoms with Gasteiger partial charge in [0.05, 0.1) is 5.30 Å². The summed E-state index contributed by atoms with van der Waals surface area (Å²) >= 11 is 0. The molecule has 0 aromatic heterocycles. The van der Waals surface area contributed by atoms with Crippen molar-refractivity contribution in [2.75, 3.05) is 6.66 Å². The van der Waals surface area contributed by atoms with Crippen LogP contribution in [-0.4, -0.2) is 6.66 Å². The number of hydrogen-bond donors (Lipinski definition) is 0. The molecule has 1 atom stereocenters. The van der Waals surface area contributed by atoms with E-state index < -0.39 is 0 Å². The van der Waals surface area contributed by atoms with E-state index in [1.165, 1.54) is 0 Å². The number of para-hydroxylation sites is 1. The lowest BCUT2D eigenvalue weighted by Crippen LogP contribution is -2.03. The van der Waals surface area contributed by atoms with Crippen molar-refractivity contribution in [3.63, 3.8) is 0 Å². The Hall–Kier alpha value is -0.550. The third-order valence-electron chi connectivity index (χ3n) is 1.23. The molecular weight excluding hydrogens is 143 g/mol. The molecule has 10 heavy (non-hydrogen) atoms. The van der Waals surface area contributed by atoms with Crippen LogP contribution in [0.1, 0.15) is 7.43 Å². The zero-order chi connectivity index (χ0) is 6.69. The molecule has 1 aromatic carbocycles. The molecule has 0 bridgehead atoms. The van der Waals surface area contributed by atoms with E-state index in [-0.39, 0.29) is 21.8 Å². The molecule has 1 nitrogen and oxygen atoms in total. The standard InChI is InChI=1S/C7H9OP.CH4/c1-9-7-5-3-2-4-6(7)8;/h2-5,8-9H,1H3;1H4. The first-order valence-corrected chi connectivity index (χ1v) is 4.63. The van der Waals surface area contributed by atoms with Crippen LogP contribution >= 0.6 is 8.58 Å². The van der Waals surface area contributed by atoms with Crippen LogP contribution in [-0.2, 0) is 0 Å². The van der Waals surface area contributed by atoms with Crippen LogP contribution in [0, 0.1) is 0 Å². The van der Waals surface area contributed by atoms with Crippen LogP contribution in [0.2, 0.25) is 0 Å². The van der Waals surface area contributed by atoms with Gasteiger partial charge in [0.2, 0.25) is 0 Å². The molecule has 56 valence electrons. The van der Waals surface area contributed by atoms with Gasteiger partial charge in [0.1, 0.15) is 0 Å². The maximum Gasteiger partial charge on any atom is 0.0809 e. The average molecular weight is 156 g/mol. The average Bonchev–Trinajstić information content (AvgIpc) is 1.89. The van der Waals surface area contributed by atoms with Crippen LogP contribution in [0.15, 0.2) is 24.3 Å². The molecule has 0 aliphatic rings. The first kappa shape index (κ1) is 9.45. The summed E-state index contributed by atoms with van der Waals surface area (Å²) < 4.78 is 0. The van der Waals surface area contributed by atoms with E-state index in [4.69, 9.17) is 0 Å². The second-order valence-corrected chi connectivity index (χ2v) is 3.03. The fraction of sp³-hybridized carbons (Fsp3) is 0.250. The van der Waals surface area contributed by atoms with Crippen LogP contribution < -0.4 is 10.4 Å². The van der Waals surface area contributed by atoms with Crippen LogP contribution in [0.4, 0.5) is 0 Å². The van der Waals surface area contributed by atoms with Crippen LogP contribution in [0.25, 0.3) is 0 Å². The van der Waals surface area contributed by atoms with Gasteiger partial charge < -0.3 is 5.11 Å². The normalized spacial score (nSPS) is 9.70. The van der Waals surface area contributed by atoms with Crippen molar-refractivity contribution >= 4 is 13.9 Å². The van der Waals surface area contributed by atoms with Crippen molar-refractivity contribution in [3.8, 4) is 5.75 Å². The van der Waals surface area contributed by atoms with Crippen molar-refractivity contribution in [1.82, 2.24) is 0 Å². The minimum atomic E-state index is 0. The monoisotopic (exact) mass is 156 g/mol. The Morgan fingerprint density at radius 1 is 1.30 bits per heavy atom. The van der Waals surface area contributed by atoms with E-state index in [0.29, 0.717) is 0 Å². The summed E-state index contributed by atoms with van der Waals surface area (Å²) in [5.74, 6) is 0.190. The number of rotatable bonds is 1. The summed E-state index contributed by atoms with van der Waals surface area (Å²) in [4.78, 5) is 0. The van der Waals surface area contributed by atoms with Crippen molar-refractivity contribution < 1.29 is 5.11 Å². The molecule has 1 unspecified atom stereocenters. The molecule has 0 saturated heterocycles. The molecule has 0 radical (unpaired) electrons. The van der Waals surface area contributed by atoms with Crippen molar-refractivity contribution in [2.24, 2.45) is 0 Å². The molecule has 0 spiro atoms. The highest BCUT2D eigenvalue weighted by Crippen LogP contribution is 2.10. The molecule has 2 heteroatoms. The van der Waals surface area contributed by atoms with Gasteiger partial charge in [-0.3, -0.25) is 0 Å². The van der Waals surface area contributed by atoms with Crippen molar-refractivity contribution in [2.45, 2.75) is 7.43 Å². The van der Waals surface area contributed by atoms with Crippen LogP contribution in [0.3, 0.4) is 0 Å². The molecule has 0 amide bonds. The summed E-state index contributed by atoms with van der Waals surface area (Å²) in [5, 5.41) is 11.9. The van der Waals surface area contributed by atoms with E-state index in [9.17, 15) is 5.11 Å². The Kier molecular flexibility index (Phi) is 4.06. The summed E-state index contributed by atoms with van der Waals surface area (Å²) in [6.45, 7) is 2.07. The van der Waals surface area contributed by atoms with Crippen molar-refractivity contribution in [1.29, 1.82) is 0 Å². The molecule has 0 aliphatic heterocycles. The fourth-order valence-electron chi connectivity index (χ4n) is 0.719. The van der Waals surface area contributed by atoms with Gasteiger partial charge >= 0.3 is 0 Å². The maximum absolute atomic E-state index is 10.9. The minimum absolute atomic E-state index is 0. The molecule has 0 N–H and O–H groups in total. The van der Waals surface area contributed by atoms with Gasteiger partial charge in [-0.2, -0.15) is 0 Å². The van der Waals surface area contributed by atoms with Gasteiger partial charge in [-0.05, 0) is 6.07 Å². The molecule has 1 aromatic rings. The van der Waals surface area contributed by atoms with Gasteiger partial charge in [-0.25, -0.2) is 0 Å². The topological polar surface area (TPSA) is 23.1 Å². The Bertz CT molecular complexity index is 198. The predicted octanol–water partition coefficient (Wildman–Crippen LogP) is 1.06. The molecule has 0 heterocycles. The highest BCUT2D eigenvalue weighted by Gasteiger charge is 1.91. The van der Waals surface area contributed by atoms with E-state index >= 15 is 0 Å². The lowest BCUT2D eigenvalue weighted by atomic mass is 10.3. The van der Waals surface area contributed by atoms with Gasteiger partial charge in [0, 0.05) is 15.2 Å². The number of benzene rings is 1. The fourth-order valence-corrected chi connectivity index (χ4v) is 1.40. The molecular formula is C8H13OP. The number of hydrogen-bond acceptors (Lipinski definition) is 1. The van der Waals surface area contributed by atoms with E-state index in [1.807, 2.05) is 12.1 Å².